The molecule has 0 bridgehead atoms. The predicted octanol–water partition coefficient (Wildman–Crippen LogP) is 4.86. The minimum atomic E-state index is 0.0144. The SMILES string of the molecule is O=C(CCc1cc(-c2ccc(Cl)cc2Cl)no1)c1cccnc1. The number of carbonyl (C=O) groups excluding carboxylic acids is 1. The summed E-state index contributed by atoms with van der Waals surface area (Å²) in [5.74, 6) is 0.642. The van der Waals surface area contributed by atoms with E-state index in [-0.39, 0.29) is 5.78 Å². The quantitative estimate of drug-likeness (QED) is 0.619. The molecule has 0 saturated carbocycles. The fourth-order valence-electron chi connectivity index (χ4n) is 2.16. The number of carbonyl (C=O) groups is 1. The van der Waals surface area contributed by atoms with Crippen LogP contribution in [0, 0.1) is 0 Å². The monoisotopic (exact) mass is 346 g/mol. The topological polar surface area (TPSA) is 56.0 Å². The van der Waals surface area contributed by atoms with Crippen molar-refractivity contribution < 1.29 is 9.32 Å². The number of rotatable bonds is 5. The van der Waals surface area contributed by atoms with Gasteiger partial charge in [0.15, 0.2) is 5.78 Å². The van der Waals surface area contributed by atoms with E-state index < -0.39 is 0 Å². The molecular formula is C17H12Cl2N2O2. The zero-order chi connectivity index (χ0) is 16.2. The lowest BCUT2D eigenvalue weighted by atomic mass is 10.1. The third-order valence-corrected chi connectivity index (χ3v) is 3.90. The normalized spacial score (nSPS) is 10.7. The van der Waals surface area contributed by atoms with Crippen molar-refractivity contribution in [1.82, 2.24) is 10.1 Å². The molecule has 0 aliphatic carbocycles. The highest BCUT2D eigenvalue weighted by molar-refractivity contribution is 6.36. The van der Waals surface area contributed by atoms with Crippen molar-refractivity contribution in [3.05, 3.63) is 70.2 Å². The number of nitrogens with zero attached hydrogens (tertiary/aromatic N) is 2. The number of pyridine rings is 1. The molecule has 0 saturated heterocycles. The number of benzene rings is 1. The average molecular weight is 347 g/mol. The number of hydrogen-bond donors (Lipinski definition) is 0. The Morgan fingerprint density at radius 3 is 2.78 bits per heavy atom. The van der Waals surface area contributed by atoms with Crippen molar-refractivity contribution in [3.63, 3.8) is 0 Å². The van der Waals surface area contributed by atoms with E-state index in [1.165, 1.54) is 0 Å². The molecule has 0 N–H and O–H groups in total. The molecule has 0 amide bonds. The smallest absolute Gasteiger partial charge is 0.164 e. The van der Waals surface area contributed by atoms with E-state index in [0.29, 0.717) is 39.9 Å². The molecule has 0 unspecified atom stereocenters. The van der Waals surface area contributed by atoms with E-state index in [2.05, 4.69) is 10.1 Å². The summed E-state index contributed by atoms with van der Waals surface area (Å²) in [7, 11) is 0. The Hall–Kier alpha value is -2.17. The molecule has 0 aliphatic heterocycles. The molecule has 0 aliphatic rings. The van der Waals surface area contributed by atoms with E-state index >= 15 is 0 Å². The molecule has 0 fully saturated rings. The molecule has 0 atom stereocenters. The lowest BCUT2D eigenvalue weighted by molar-refractivity contribution is 0.0980. The van der Waals surface area contributed by atoms with E-state index in [0.717, 1.165) is 5.56 Å². The van der Waals surface area contributed by atoms with Crippen LogP contribution < -0.4 is 0 Å². The van der Waals surface area contributed by atoms with Crippen LogP contribution >= 0.6 is 23.2 Å². The Labute approximate surface area is 143 Å². The zero-order valence-electron chi connectivity index (χ0n) is 12.0. The van der Waals surface area contributed by atoms with E-state index in [1.54, 1.807) is 48.8 Å². The first-order chi connectivity index (χ1) is 11.1. The van der Waals surface area contributed by atoms with E-state index in [1.807, 2.05) is 0 Å². The minimum absolute atomic E-state index is 0.0144. The van der Waals surface area contributed by atoms with Gasteiger partial charge in [-0.1, -0.05) is 28.4 Å². The van der Waals surface area contributed by atoms with Crippen LogP contribution in [-0.2, 0) is 6.42 Å². The summed E-state index contributed by atoms with van der Waals surface area (Å²) >= 11 is 12.0. The third kappa shape index (κ3) is 3.78. The molecule has 2 heterocycles. The predicted molar refractivity (Wildman–Crippen MR) is 88.8 cm³/mol. The number of Topliss-reactive ketones (excluding diaryl/α,β-unsaturated/α-hetero) is 1. The van der Waals surface area contributed by atoms with Crippen LogP contribution in [0.25, 0.3) is 11.3 Å². The number of aryl methyl sites for hydroxylation is 1. The molecule has 116 valence electrons. The Morgan fingerprint density at radius 2 is 2.04 bits per heavy atom. The van der Waals surface area contributed by atoms with E-state index in [4.69, 9.17) is 27.7 Å². The molecule has 4 nitrogen and oxygen atoms in total. The lowest BCUT2D eigenvalue weighted by Gasteiger charge is -1.99. The van der Waals surface area contributed by atoms with Crippen LogP contribution in [-0.4, -0.2) is 15.9 Å². The standard InChI is InChI=1S/C17H12Cl2N2O2/c18-12-3-5-14(15(19)8-12)16-9-13(23-21-16)4-6-17(22)11-2-1-7-20-10-11/h1-3,5,7-10H,4,6H2. The number of hydrogen-bond acceptors (Lipinski definition) is 4. The number of aromatic nitrogens is 2. The van der Waals surface area contributed by atoms with Crippen molar-refractivity contribution in [1.29, 1.82) is 0 Å². The Bertz CT molecular complexity index is 832. The Balaban J connectivity index is 1.69. The second-order valence-electron chi connectivity index (χ2n) is 4.97. The molecule has 1 aromatic carbocycles. The molecular weight excluding hydrogens is 335 g/mol. The summed E-state index contributed by atoms with van der Waals surface area (Å²) < 4.78 is 5.28. The lowest BCUT2D eigenvalue weighted by Crippen LogP contribution is -2.00. The summed E-state index contributed by atoms with van der Waals surface area (Å²) in [6, 6.07) is 10.4. The molecule has 3 aromatic rings. The molecule has 3 rings (SSSR count). The van der Waals surface area contributed by atoms with Crippen LogP contribution in [0.15, 0.2) is 53.3 Å². The van der Waals surface area contributed by atoms with Crippen molar-refractivity contribution in [2.75, 3.05) is 0 Å². The van der Waals surface area contributed by atoms with Gasteiger partial charge in [-0.3, -0.25) is 9.78 Å². The maximum absolute atomic E-state index is 12.0. The van der Waals surface area contributed by atoms with Gasteiger partial charge in [0.1, 0.15) is 11.5 Å². The Morgan fingerprint density at radius 1 is 1.17 bits per heavy atom. The van der Waals surface area contributed by atoms with Crippen molar-refractivity contribution >= 4 is 29.0 Å². The maximum Gasteiger partial charge on any atom is 0.164 e. The van der Waals surface area contributed by atoms with Gasteiger partial charge in [-0.2, -0.15) is 0 Å². The van der Waals surface area contributed by atoms with Crippen LogP contribution in [0.3, 0.4) is 0 Å². The van der Waals surface area contributed by atoms with E-state index in [9.17, 15) is 4.79 Å². The first kappa shape index (κ1) is 15.7. The highest BCUT2D eigenvalue weighted by Gasteiger charge is 2.12. The molecule has 0 spiro atoms. The first-order valence-electron chi connectivity index (χ1n) is 6.98. The second-order valence-corrected chi connectivity index (χ2v) is 5.81. The zero-order valence-corrected chi connectivity index (χ0v) is 13.5. The molecule has 0 radical (unpaired) electrons. The van der Waals surface area contributed by atoms with Gasteiger partial charge in [0.05, 0.1) is 5.02 Å². The highest BCUT2D eigenvalue weighted by Crippen LogP contribution is 2.30. The van der Waals surface area contributed by atoms with Crippen LogP contribution in [0.4, 0.5) is 0 Å². The average Bonchev–Trinajstić information content (AvgIpc) is 3.02. The van der Waals surface area contributed by atoms with Crippen LogP contribution in [0.5, 0.6) is 0 Å². The summed E-state index contributed by atoms with van der Waals surface area (Å²) in [5, 5.41) is 5.06. The van der Waals surface area contributed by atoms with Crippen molar-refractivity contribution in [2.45, 2.75) is 12.8 Å². The van der Waals surface area contributed by atoms with Gasteiger partial charge in [0, 0.05) is 47.5 Å². The largest absolute Gasteiger partial charge is 0.361 e. The van der Waals surface area contributed by atoms with Crippen LogP contribution in [0.2, 0.25) is 10.0 Å². The van der Waals surface area contributed by atoms with Crippen LogP contribution in [0.1, 0.15) is 22.5 Å². The maximum atomic E-state index is 12.0. The molecule has 6 heteroatoms. The fourth-order valence-corrected chi connectivity index (χ4v) is 2.67. The van der Waals surface area contributed by atoms with Gasteiger partial charge in [0.2, 0.25) is 0 Å². The van der Waals surface area contributed by atoms with Gasteiger partial charge in [0.25, 0.3) is 0 Å². The number of halogens is 2. The van der Waals surface area contributed by atoms with Crippen molar-refractivity contribution in [2.24, 2.45) is 0 Å². The van der Waals surface area contributed by atoms with Gasteiger partial charge in [-0.15, -0.1) is 0 Å². The molecule has 2 aromatic heterocycles. The van der Waals surface area contributed by atoms with Gasteiger partial charge >= 0.3 is 0 Å². The highest BCUT2D eigenvalue weighted by atomic mass is 35.5. The van der Waals surface area contributed by atoms with Gasteiger partial charge in [-0.05, 0) is 30.3 Å². The Kier molecular flexibility index (Phi) is 4.74. The first-order valence-corrected chi connectivity index (χ1v) is 7.73. The number of ketones is 1. The van der Waals surface area contributed by atoms with Gasteiger partial charge < -0.3 is 4.52 Å². The summed E-state index contributed by atoms with van der Waals surface area (Å²) in [5.41, 5.74) is 1.95. The fraction of sp³-hybridized carbons (Fsp3) is 0.118. The van der Waals surface area contributed by atoms with Crippen molar-refractivity contribution in [3.8, 4) is 11.3 Å². The summed E-state index contributed by atoms with van der Waals surface area (Å²) in [4.78, 5) is 16.0. The second kappa shape index (κ2) is 6.94. The third-order valence-electron chi connectivity index (χ3n) is 3.35. The summed E-state index contributed by atoms with van der Waals surface area (Å²) in [6.07, 6.45) is 3.98. The van der Waals surface area contributed by atoms with Gasteiger partial charge in [-0.25, -0.2) is 0 Å². The minimum Gasteiger partial charge on any atom is -0.361 e. The molecule has 23 heavy (non-hydrogen) atoms. The summed E-state index contributed by atoms with van der Waals surface area (Å²) in [6.45, 7) is 0.